The van der Waals surface area contributed by atoms with E-state index in [1.165, 1.54) is 6.26 Å². The number of Topliss-reactive ketones (excluding diaryl/α,β-unsaturated/α-hetero) is 1. The molecule has 0 radical (unpaired) electrons. The van der Waals surface area contributed by atoms with Gasteiger partial charge in [-0.1, -0.05) is 13.3 Å². The topological polar surface area (TPSA) is 47.3 Å². The highest BCUT2D eigenvalue weighted by atomic mass is 16.3. The molecule has 1 atom stereocenters. The van der Waals surface area contributed by atoms with Gasteiger partial charge in [-0.3, -0.25) is 4.79 Å². The van der Waals surface area contributed by atoms with Crippen molar-refractivity contribution in [2.75, 3.05) is 0 Å². The highest BCUT2D eigenvalue weighted by molar-refractivity contribution is 6.03. The Morgan fingerprint density at radius 2 is 2.46 bits per heavy atom. The molecule has 0 aliphatic rings. The smallest absolute Gasteiger partial charge is 0.208 e. The van der Waals surface area contributed by atoms with E-state index >= 15 is 0 Å². The number of carbonyl (C=O) groups is 2. The maximum atomic E-state index is 11.5. The molecule has 13 heavy (non-hydrogen) atoms. The summed E-state index contributed by atoms with van der Waals surface area (Å²) < 4.78 is 4.92. The fourth-order valence-corrected chi connectivity index (χ4v) is 1.17. The van der Waals surface area contributed by atoms with Gasteiger partial charge in [0.2, 0.25) is 5.78 Å². The number of furan rings is 1. The van der Waals surface area contributed by atoms with Crippen LogP contribution in [-0.4, -0.2) is 12.1 Å². The van der Waals surface area contributed by atoms with Crippen LogP contribution in [0.15, 0.2) is 22.8 Å². The minimum Gasteiger partial charge on any atom is -0.461 e. The van der Waals surface area contributed by atoms with Crippen LogP contribution in [0.4, 0.5) is 0 Å². The molecule has 0 saturated heterocycles. The molecule has 0 aliphatic heterocycles. The van der Waals surface area contributed by atoms with Crippen molar-refractivity contribution in [1.29, 1.82) is 0 Å². The second-order valence-electron chi connectivity index (χ2n) is 2.87. The summed E-state index contributed by atoms with van der Waals surface area (Å²) in [5.41, 5.74) is 0. The van der Waals surface area contributed by atoms with Gasteiger partial charge in [-0.25, -0.2) is 0 Å². The summed E-state index contributed by atoms with van der Waals surface area (Å²) in [6, 6.07) is 3.22. The summed E-state index contributed by atoms with van der Waals surface area (Å²) in [6.07, 6.45) is 3.52. The monoisotopic (exact) mass is 180 g/mol. The maximum Gasteiger partial charge on any atom is 0.208 e. The standard InChI is InChI=1S/C10H12O3/c1-2-4-8(7-11)10(12)9-5-3-6-13-9/h3,5-8H,2,4H2,1H3. The molecule has 0 N–H and O–H groups in total. The summed E-state index contributed by atoms with van der Waals surface area (Å²) >= 11 is 0. The van der Waals surface area contributed by atoms with Crippen LogP contribution in [-0.2, 0) is 4.79 Å². The van der Waals surface area contributed by atoms with Crippen molar-refractivity contribution in [1.82, 2.24) is 0 Å². The van der Waals surface area contributed by atoms with Gasteiger partial charge in [-0.2, -0.15) is 0 Å². The Balaban J connectivity index is 2.70. The van der Waals surface area contributed by atoms with Crippen LogP contribution in [0.25, 0.3) is 0 Å². The van der Waals surface area contributed by atoms with Crippen LogP contribution in [0.2, 0.25) is 0 Å². The molecule has 0 amide bonds. The van der Waals surface area contributed by atoms with E-state index in [0.717, 1.165) is 6.42 Å². The van der Waals surface area contributed by atoms with Gasteiger partial charge in [0.15, 0.2) is 5.76 Å². The summed E-state index contributed by atoms with van der Waals surface area (Å²) in [4.78, 5) is 22.1. The third kappa shape index (κ3) is 2.28. The molecule has 1 rings (SSSR count). The van der Waals surface area contributed by atoms with Gasteiger partial charge in [-0.05, 0) is 18.6 Å². The first-order chi connectivity index (χ1) is 6.29. The van der Waals surface area contributed by atoms with Gasteiger partial charge in [-0.15, -0.1) is 0 Å². The average molecular weight is 180 g/mol. The number of carbonyl (C=O) groups excluding carboxylic acids is 2. The molecule has 0 aromatic carbocycles. The molecule has 70 valence electrons. The van der Waals surface area contributed by atoms with Crippen molar-refractivity contribution in [3.05, 3.63) is 24.2 Å². The predicted molar refractivity (Wildman–Crippen MR) is 47.5 cm³/mol. The first-order valence-corrected chi connectivity index (χ1v) is 4.32. The summed E-state index contributed by atoms with van der Waals surface area (Å²) in [6.45, 7) is 1.94. The van der Waals surface area contributed by atoms with Gasteiger partial charge >= 0.3 is 0 Å². The Morgan fingerprint density at radius 3 is 2.92 bits per heavy atom. The van der Waals surface area contributed by atoms with E-state index in [1.54, 1.807) is 12.1 Å². The highest BCUT2D eigenvalue weighted by Gasteiger charge is 2.20. The van der Waals surface area contributed by atoms with Gasteiger partial charge < -0.3 is 9.21 Å². The highest BCUT2D eigenvalue weighted by Crippen LogP contribution is 2.12. The molecule has 0 aliphatic carbocycles. The second-order valence-corrected chi connectivity index (χ2v) is 2.87. The van der Waals surface area contributed by atoms with Crippen LogP contribution < -0.4 is 0 Å². The molecule has 1 aromatic rings. The van der Waals surface area contributed by atoms with Crippen LogP contribution in [0, 0.1) is 5.92 Å². The minimum atomic E-state index is -0.545. The summed E-state index contributed by atoms with van der Waals surface area (Å²) in [5, 5.41) is 0. The van der Waals surface area contributed by atoms with Crippen LogP contribution in [0.5, 0.6) is 0 Å². The van der Waals surface area contributed by atoms with E-state index < -0.39 is 5.92 Å². The molecule has 3 heteroatoms. The van der Waals surface area contributed by atoms with Gasteiger partial charge in [0.25, 0.3) is 0 Å². The molecule has 0 spiro atoms. The normalized spacial score (nSPS) is 12.4. The first-order valence-electron chi connectivity index (χ1n) is 4.32. The number of hydrogen-bond acceptors (Lipinski definition) is 3. The van der Waals surface area contributed by atoms with Crippen LogP contribution in [0.1, 0.15) is 30.3 Å². The zero-order valence-electron chi connectivity index (χ0n) is 7.53. The van der Waals surface area contributed by atoms with Crippen molar-refractivity contribution >= 4 is 12.1 Å². The van der Waals surface area contributed by atoms with Crippen molar-refractivity contribution in [3.63, 3.8) is 0 Å². The lowest BCUT2D eigenvalue weighted by molar-refractivity contribution is -0.110. The Bertz CT molecular complexity index is 274. The SMILES string of the molecule is CCCC(C=O)C(=O)c1ccco1. The predicted octanol–water partition coefficient (Wildman–Crippen LogP) is 2.08. The molecule has 3 nitrogen and oxygen atoms in total. The Labute approximate surface area is 76.7 Å². The lowest BCUT2D eigenvalue weighted by Gasteiger charge is -2.03. The van der Waals surface area contributed by atoms with Crippen molar-refractivity contribution in [3.8, 4) is 0 Å². The zero-order valence-corrected chi connectivity index (χ0v) is 7.53. The van der Waals surface area contributed by atoms with E-state index in [1.807, 2.05) is 6.92 Å². The van der Waals surface area contributed by atoms with E-state index in [9.17, 15) is 9.59 Å². The van der Waals surface area contributed by atoms with E-state index in [2.05, 4.69) is 0 Å². The molecule has 0 fully saturated rings. The Hall–Kier alpha value is -1.38. The fraction of sp³-hybridized carbons (Fsp3) is 0.400. The lowest BCUT2D eigenvalue weighted by atomic mass is 9.99. The lowest BCUT2D eigenvalue weighted by Crippen LogP contribution is -2.15. The first kappa shape index (κ1) is 9.71. The fourth-order valence-electron chi connectivity index (χ4n) is 1.17. The van der Waals surface area contributed by atoms with Crippen molar-refractivity contribution < 1.29 is 14.0 Å². The maximum absolute atomic E-state index is 11.5. The van der Waals surface area contributed by atoms with E-state index in [4.69, 9.17) is 4.42 Å². The van der Waals surface area contributed by atoms with Gasteiger partial charge in [0.1, 0.15) is 6.29 Å². The van der Waals surface area contributed by atoms with Gasteiger partial charge in [0, 0.05) is 0 Å². The van der Waals surface area contributed by atoms with E-state index in [-0.39, 0.29) is 11.5 Å². The number of aldehydes is 1. The third-order valence-electron chi connectivity index (χ3n) is 1.86. The second kappa shape index (κ2) is 4.60. The van der Waals surface area contributed by atoms with Crippen molar-refractivity contribution in [2.45, 2.75) is 19.8 Å². The Kier molecular flexibility index (Phi) is 3.43. The van der Waals surface area contributed by atoms with E-state index in [0.29, 0.717) is 12.7 Å². The minimum absolute atomic E-state index is 0.221. The number of hydrogen-bond donors (Lipinski definition) is 0. The Morgan fingerprint density at radius 1 is 1.69 bits per heavy atom. The molecular formula is C10H12O3. The molecule has 1 heterocycles. The quantitative estimate of drug-likeness (QED) is 0.396. The molecule has 1 aromatic heterocycles. The largest absolute Gasteiger partial charge is 0.461 e. The third-order valence-corrected chi connectivity index (χ3v) is 1.86. The molecule has 0 saturated carbocycles. The number of rotatable bonds is 5. The van der Waals surface area contributed by atoms with Gasteiger partial charge in [0.05, 0.1) is 12.2 Å². The molecular weight excluding hydrogens is 168 g/mol. The molecule has 0 bridgehead atoms. The summed E-state index contributed by atoms with van der Waals surface area (Å²) in [5.74, 6) is -0.497. The average Bonchev–Trinajstić information content (AvgIpc) is 2.65. The molecule has 1 unspecified atom stereocenters. The summed E-state index contributed by atoms with van der Waals surface area (Å²) in [7, 11) is 0. The van der Waals surface area contributed by atoms with Crippen LogP contribution >= 0.6 is 0 Å². The number of ketones is 1. The van der Waals surface area contributed by atoms with Crippen molar-refractivity contribution in [2.24, 2.45) is 5.92 Å². The zero-order chi connectivity index (χ0) is 9.68. The van der Waals surface area contributed by atoms with Crippen LogP contribution in [0.3, 0.4) is 0 Å².